The van der Waals surface area contributed by atoms with Crippen LogP contribution in [0, 0.1) is 11.8 Å². The molecule has 2 rings (SSSR count). The van der Waals surface area contributed by atoms with Gasteiger partial charge in [-0.15, -0.1) is 0 Å². The van der Waals surface area contributed by atoms with Crippen molar-refractivity contribution < 1.29 is 22.7 Å². The van der Waals surface area contributed by atoms with E-state index in [0.29, 0.717) is 19.6 Å². The van der Waals surface area contributed by atoms with Gasteiger partial charge in [0.1, 0.15) is 5.75 Å². The van der Waals surface area contributed by atoms with Crippen molar-refractivity contribution in [1.29, 1.82) is 0 Å². The minimum Gasteiger partial charge on any atom is -0.494 e. The number of benzene rings is 2. The second-order valence-electron chi connectivity index (χ2n) is 5.50. The molecular formula is C20H19F3N2O2. The van der Waals surface area contributed by atoms with Crippen LogP contribution in [0.2, 0.25) is 0 Å². The molecule has 0 saturated heterocycles. The Hall–Kier alpha value is -3.14. The van der Waals surface area contributed by atoms with E-state index in [2.05, 4.69) is 22.5 Å². The number of nitrogens with one attached hydrogen (secondary N) is 2. The highest BCUT2D eigenvalue weighted by Gasteiger charge is 2.30. The van der Waals surface area contributed by atoms with Crippen molar-refractivity contribution in [3.63, 3.8) is 0 Å². The highest BCUT2D eigenvalue weighted by Crippen LogP contribution is 2.29. The van der Waals surface area contributed by atoms with E-state index < -0.39 is 17.8 Å². The van der Waals surface area contributed by atoms with Gasteiger partial charge in [-0.3, -0.25) is 0 Å². The third kappa shape index (κ3) is 7.74. The molecule has 2 amide bonds. The number of carbonyl (C=O) groups is 1. The lowest BCUT2D eigenvalue weighted by molar-refractivity contribution is -0.137. The monoisotopic (exact) mass is 376 g/mol. The van der Waals surface area contributed by atoms with Crippen LogP contribution in [0.5, 0.6) is 5.75 Å². The summed E-state index contributed by atoms with van der Waals surface area (Å²) in [5, 5.41) is 5.17. The predicted molar refractivity (Wildman–Crippen MR) is 96.3 cm³/mol. The van der Waals surface area contributed by atoms with Crippen molar-refractivity contribution in [1.82, 2.24) is 10.6 Å². The zero-order valence-electron chi connectivity index (χ0n) is 14.5. The Balaban J connectivity index is 1.63. The first-order chi connectivity index (χ1) is 12.9. The smallest absolute Gasteiger partial charge is 0.416 e. The topological polar surface area (TPSA) is 50.4 Å². The summed E-state index contributed by atoms with van der Waals surface area (Å²) in [5.41, 5.74) is -0.511. The van der Waals surface area contributed by atoms with Crippen molar-refractivity contribution >= 4 is 6.03 Å². The maximum absolute atomic E-state index is 12.6. The maximum Gasteiger partial charge on any atom is 0.416 e. The Morgan fingerprint density at radius 1 is 1.04 bits per heavy atom. The van der Waals surface area contributed by atoms with E-state index in [9.17, 15) is 18.0 Å². The minimum atomic E-state index is -4.40. The zero-order valence-corrected chi connectivity index (χ0v) is 14.5. The summed E-state index contributed by atoms with van der Waals surface area (Å²) in [5.74, 6) is 5.99. The molecule has 0 aliphatic heterocycles. The van der Waals surface area contributed by atoms with Gasteiger partial charge >= 0.3 is 12.2 Å². The summed E-state index contributed by atoms with van der Waals surface area (Å²) in [4.78, 5) is 11.6. The molecule has 0 unspecified atom stereocenters. The second kappa shape index (κ2) is 10.1. The lowest BCUT2D eigenvalue weighted by Crippen LogP contribution is -2.36. The normalized spacial score (nSPS) is 10.5. The molecule has 0 aliphatic carbocycles. The Labute approximate surface area is 155 Å². The van der Waals surface area contributed by atoms with Crippen molar-refractivity contribution in [2.75, 3.05) is 19.7 Å². The molecule has 0 aliphatic rings. The van der Waals surface area contributed by atoms with Gasteiger partial charge in [0.15, 0.2) is 0 Å². The van der Waals surface area contributed by atoms with E-state index in [0.717, 1.165) is 17.9 Å². The lowest BCUT2D eigenvalue weighted by atomic mass is 10.1. The molecule has 2 aromatic carbocycles. The van der Waals surface area contributed by atoms with Crippen molar-refractivity contribution in [2.24, 2.45) is 0 Å². The largest absolute Gasteiger partial charge is 0.494 e. The van der Waals surface area contributed by atoms with Crippen LogP contribution >= 0.6 is 0 Å². The third-order valence-corrected chi connectivity index (χ3v) is 3.38. The molecule has 4 nitrogen and oxygen atoms in total. The van der Waals surface area contributed by atoms with Gasteiger partial charge in [-0.1, -0.05) is 36.1 Å². The quantitative estimate of drug-likeness (QED) is 0.595. The summed E-state index contributed by atoms with van der Waals surface area (Å²) < 4.78 is 43.3. The number of rotatable bonds is 6. The Morgan fingerprint density at radius 2 is 1.81 bits per heavy atom. The highest BCUT2D eigenvalue weighted by atomic mass is 19.4. The van der Waals surface area contributed by atoms with Crippen LogP contribution in [0.3, 0.4) is 0 Å². The van der Waals surface area contributed by atoms with Gasteiger partial charge in [-0.2, -0.15) is 13.2 Å². The molecule has 0 radical (unpaired) electrons. The standard InChI is InChI=1S/C20H19F3N2O2/c21-20(22,23)17-9-4-7-16(15-17)8-5-12-24-19(26)25-13-6-14-27-18-10-2-1-3-11-18/h1-4,7,9-11,15H,6,12-14H2,(H2,24,25,26). The number of alkyl halides is 3. The van der Waals surface area contributed by atoms with Gasteiger partial charge in [0.05, 0.1) is 18.7 Å². The number of hydrogen-bond donors (Lipinski definition) is 2. The lowest BCUT2D eigenvalue weighted by Gasteiger charge is -2.07. The van der Waals surface area contributed by atoms with Gasteiger partial charge in [-0.05, 0) is 36.8 Å². The first kappa shape index (κ1) is 20.2. The molecule has 0 bridgehead atoms. The molecule has 7 heteroatoms. The minimum absolute atomic E-state index is 0.0304. The average Bonchev–Trinajstić information content (AvgIpc) is 2.65. The van der Waals surface area contributed by atoms with E-state index in [4.69, 9.17) is 4.74 Å². The summed E-state index contributed by atoms with van der Waals surface area (Å²) in [7, 11) is 0. The van der Waals surface area contributed by atoms with Crippen LogP contribution in [-0.4, -0.2) is 25.7 Å². The van der Waals surface area contributed by atoms with Crippen molar-refractivity contribution in [3.8, 4) is 17.6 Å². The van der Waals surface area contributed by atoms with Crippen LogP contribution in [0.4, 0.5) is 18.0 Å². The van der Waals surface area contributed by atoms with Gasteiger partial charge in [0.2, 0.25) is 0 Å². The molecule has 0 atom stereocenters. The number of para-hydroxylation sites is 1. The van der Waals surface area contributed by atoms with Crippen LogP contribution in [0.1, 0.15) is 17.5 Å². The average molecular weight is 376 g/mol. The molecule has 142 valence electrons. The summed E-state index contributed by atoms with van der Waals surface area (Å²) in [6.07, 6.45) is -3.77. The first-order valence-corrected chi connectivity index (χ1v) is 8.31. The molecule has 2 aromatic rings. The molecule has 2 N–H and O–H groups in total. The summed E-state index contributed by atoms with van der Waals surface area (Å²) >= 11 is 0. The molecule has 0 aromatic heterocycles. The first-order valence-electron chi connectivity index (χ1n) is 8.31. The fourth-order valence-corrected chi connectivity index (χ4v) is 2.09. The fraction of sp³-hybridized carbons (Fsp3) is 0.250. The third-order valence-electron chi connectivity index (χ3n) is 3.38. The summed E-state index contributed by atoms with van der Waals surface area (Å²) in [6, 6.07) is 13.7. The van der Waals surface area contributed by atoms with E-state index in [1.165, 1.54) is 12.1 Å². The number of hydrogen-bond acceptors (Lipinski definition) is 2. The van der Waals surface area contributed by atoms with Gasteiger partial charge in [0, 0.05) is 12.1 Å². The zero-order chi connectivity index (χ0) is 19.5. The predicted octanol–water partition coefficient (Wildman–Crippen LogP) is 3.83. The van der Waals surface area contributed by atoms with Crippen LogP contribution in [-0.2, 0) is 6.18 Å². The van der Waals surface area contributed by atoms with Gasteiger partial charge < -0.3 is 15.4 Å². The van der Waals surface area contributed by atoms with Crippen LogP contribution in [0.25, 0.3) is 0 Å². The number of halogens is 3. The Bertz CT molecular complexity index is 796. The molecular weight excluding hydrogens is 357 g/mol. The van der Waals surface area contributed by atoms with Crippen LogP contribution in [0.15, 0.2) is 54.6 Å². The SMILES string of the molecule is O=C(NCC#Cc1cccc(C(F)(F)F)c1)NCCCOc1ccccc1. The molecule has 0 spiro atoms. The highest BCUT2D eigenvalue weighted by molar-refractivity contribution is 5.74. The maximum atomic E-state index is 12.6. The molecule has 27 heavy (non-hydrogen) atoms. The Kier molecular flexibility index (Phi) is 7.56. The second-order valence-corrected chi connectivity index (χ2v) is 5.50. The van der Waals surface area contributed by atoms with Gasteiger partial charge in [-0.25, -0.2) is 4.79 Å². The van der Waals surface area contributed by atoms with E-state index in [1.807, 2.05) is 30.3 Å². The number of ether oxygens (including phenoxy) is 1. The van der Waals surface area contributed by atoms with Crippen molar-refractivity contribution in [2.45, 2.75) is 12.6 Å². The Morgan fingerprint density at radius 3 is 2.56 bits per heavy atom. The molecule has 0 heterocycles. The van der Waals surface area contributed by atoms with E-state index in [-0.39, 0.29) is 12.1 Å². The van der Waals surface area contributed by atoms with E-state index >= 15 is 0 Å². The van der Waals surface area contributed by atoms with Crippen molar-refractivity contribution in [3.05, 3.63) is 65.7 Å². The fourth-order valence-electron chi connectivity index (χ4n) is 2.09. The number of urea groups is 1. The molecule has 0 fully saturated rings. The molecule has 0 saturated carbocycles. The summed E-state index contributed by atoms with van der Waals surface area (Å²) in [6.45, 7) is 0.933. The number of amides is 2. The van der Waals surface area contributed by atoms with Crippen LogP contribution < -0.4 is 15.4 Å². The number of carbonyl (C=O) groups excluding carboxylic acids is 1. The van der Waals surface area contributed by atoms with E-state index in [1.54, 1.807) is 0 Å². The van der Waals surface area contributed by atoms with Gasteiger partial charge in [0.25, 0.3) is 0 Å².